The zero-order valence-corrected chi connectivity index (χ0v) is 22.3. The molecule has 4 saturated carbocycles. The van der Waals surface area contributed by atoms with E-state index < -0.39 is 0 Å². The minimum Gasteiger partial charge on any atom is -0.476 e. The van der Waals surface area contributed by atoms with E-state index in [2.05, 4.69) is 28.9 Å². The molecule has 4 aliphatic carbocycles. The highest BCUT2D eigenvalue weighted by Gasteiger charge is 2.44. The van der Waals surface area contributed by atoms with Crippen molar-refractivity contribution in [2.24, 2.45) is 47.3 Å². The maximum absolute atomic E-state index is 13.6. The van der Waals surface area contributed by atoms with Crippen molar-refractivity contribution >= 4 is 11.6 Å². The van der Waals surface area contributed by atoms with Crippen LogP contribution < -0.4 is 4.74 Å². The van der Waals surface area contributed by atoms with E-state index in [1.54, 1.807) is 6.07 Å². The molecule has 1 saturated heterocycles. The summed E-state index contributed by atoms with van der Waals surface area (Å²) < 4.78 is 19.6. The van der Waals surface area contributed by atoms with Crippen LogP contribution in [-0.4, -0.2) is 41.3 Å². The fourth-order valence-electron chi connectivity index (χ4n) is 8.40. The normalized spacial score (nSPS) is 36.1. The first kappa shape index (κ1) is 24.6. The summed E-state index contributed by atoms with van der Waals surface area (Å²) in [5, 5.41) is 8.89. The number of aromatic nitrogens is 2. The van der Waals surface area contributed by atoms with Gasteiger partial charge in [-0.05, 0) is 110 Å². The lowest BCUT2D eigenvalue weighted by molar-refractivity contribution is 0.0975. The summed E-state index contributed by atoms with van der Waals surface area (Å²) >= 11 is 6.20. The smallest absolute Gasteiger partial charge is 0.233 e. The number of benzene rings is 1. The highest BCUT2D eigenvalue weighted by Crippen LogP contribution is 2.49. The molecule has 2 heterocycles. The molecule has 5 aliphatic rings. The van der Waals surface area contributed by atoms with Crippen LogP contribution in [0.5, 0.6) is 5.88 Å². The molecule has 7 atom stereocenters. The lowest BCUT2D eigenvalue weighted by atomic mass is 9.69. The highest BCUT2D eigenvalue weighted by molar-refractivity contribution is 6.33. The van der Waals surface area contributed by atoms with Crippen LogP contribution in [0.1, 0.15) is 52.4 Å². The van der Waals surface area contributed by atoms with E-state index >= 15 is 0 Å². The molecule has 0 N–H and O–H groups in total. The molecule has 4 nitrogen and oxygen atoms in total. The van der Waals surface area contributed by atoms with Crippen LogP contribution in [0.3, 0.4) is 0 Å². The third-order valence-electron chi connectivity index (χ3n) is 9.82. The van der Waals surface area contributed by atoms with Gasteiger partial charge in [-0.15, -0.1) is 10.2 Å². The first-order valence-electron chi connectivity index (χ1n) is 14.1. The third kappa shape index (κ3) is 5.15. The van der Waals surface area contributed by atoms with Crippen LogP contribution in [-0.2, 0) is 0 Å². The largest absolute Gasteiger partial charge is 0.476 e. The predicted octanol–water partition coefficient (Wildman–Crippen LogP) is 6.98. The number of nitrogens with zero attached hydrogens (tertiary/aromatic N) is 3. The molecule has 2 bridgehead atoms. The third-order valence-corrected chi connectivity index (χ3v) is 10.1. The van der Waals surface area contributed by atoms with Gasteiger partial charge in [0.1, 0.15) is 5.82 Å². The van der Waals surface area contributed by atoms with Crippen molar-refractivity contribution in [3.63, 3.8) is 0 Å². The van der Waals surface area contributed by atoms with Crippen LogP contribution in [0.2, 0.25) is 5.02 Å². The fraction of sp³-hybridized carbons (Fsp3) is 0.667. The number of fused-ring (bicyclic) bond motifs is 5. The van der Waals surface area contributed by atoms with Crippen LogP contribution in [0.15, 0.2) is 30.3 Å². The zero-order valence-electron chi connectivity index (χ0n) is 21.6. The van der Waals surface area contributed by atoms with Gasteiger partial charge < -0.3 is 9.64 Å². The van der Waals surface area contributed by atoms with E-state index in [1.807, 2.05) is 6.07 Å². The maximum Gasteiger partial charge on any atom is 0.233 e. The Bertz CT molecular complexity index is 1050. The minimum atomic E-state index is -0.340. The standard InChI is InChI=1S/C30H39ClFN3O/c1-18-7-20-9-19(2)26(8-18)24(10-20)16-35-14-22-11-21(12-23(22)15-35)17-36-30-6-5-29(33-34-30)27-13-25(32)3-4-28(27)31/h3-6,13,18-24,26H,7-12,14-17H2,1-2H3. The van der Waals surface area contributed by atoms with E-state index in [1.165, 1.54) is 76.4 Å². The zero-order chi connectivity index (χ0) is 24.8. The van der Waals surface area contributed by atoms with E-state index in [0.29, 0.717) is 34.7 Å². The summed E-state index contributed by atoms with van der Waals surface area (Å²) in [5.74, 6) is 7.11. The topological polar surface area (TPSA) is 38.2 Å². The molecule has 5 fully saturated rings. The summed E-state index contributed by atoms with van der Waals surface area (Å²) in [4.78, 5) is 2.82. The van der Waals surface area contributed by atoms with E-state index in [9.17, 15) is 4.39 Å². The van der Waals surface area contributed by atoms with Crippen LogP contribution in [0.4, 0.5) is 4.39 Å². The van der Waals surface area contributed by atoms with Crippen LogP contribution in [0, 0.1) is 53.2 Å². The van der Waals surface area contributed by atoms with E-state index in [0.717, 1.165) is 41.4 Å². The molecule has 2 aromatic rings. The molecule has 0 radical (unpaired) electrons. The Kier molecular flexibility index (Phi) is 6.98. The fourth-order valence-corrected chi connectivity index (χ4v) is 8.61. The van der Waals surface area contributed by atoms with Gasteiger partial charge in [0.25, 0.3) is 0 Å². The number of hydrogen-bond donors (Lipinski definition) is 0. The van der Waals surface area contributed by atoms with Gasteiger partial charge in [0.15, 0.2) is 0 Å². The average molecular weight is 512 g/mol. The van der Waals surface area contributed by atoms with Crippen molar-refractivity contribution in [3.8, 4) is 17.1 Å². The molecule has 7 rings (SSSR count). The van der Waals surface area contributed by atoms with Crippen LogP contribution >= 0.6 is 11.6 Å². The van der Waals surface area contributed by atoms with Gasteiger partial charge in [-0.1, -0.05) is 25.4 Å². The molecule has 6 heteroatoms. The van der Waals surface area contributed by atoms with Crippen molar-refractivity contribution in [3.05, 3.63) is 41.2 Å². The monoisotopic (exact) mass is 511 g/mol. The molecular formula is C30H39ClFN3O. The number of likely N-dealkylation sites (tertiary alicyclic amines) is 1. The lowest BCUT2D eigenvalue weighted by Gasteiger charge is -2.39. The summed E-state index contributed by atoms with van der Waals surface area (Å²) in [5.41, 5.74) is 1.10. The van der Waals surface area contributed by atoms with Gasteiger partial charge in [-0.25, -0.2) is 4.39 Å². The second-order valence-corrected chi connectivity index (χ2v) is 13.0. The number of ether oxygens (including phenoxy) is 1. The number of rotatable bonds is 6. The number of hydrogen-bond acceptors (Lipinski definition) is 4. The van der Waals surface area contributed by atoms with Gasteiger partial charge in [-0.2, -0.15) is 0 Å². The van der Waals surface area contributed by atoms with Crippen molar-refractivity contribution in [1.29, 1.82) is 0 Å². The van der Waals surface area contributed by atoms with Crippen LogP contribution in [0.25, 0.3) is 11.3 Å². The second-order valence-electron chi connectivity index (χ2n) is 12.6. The molecule has 194 valence electrons. The average Bonchev–Trinajstić information content (AvgIpc) is 3.30. The molecule has 1 aliphatic heterocycles. The van der Waals surface area contributed by atoms with Gasteiger partial charge >= 0.3 is 0 Å². The highest BCUT2D eigenvalue weighted by atomic mass is 35.5. The second kappa shape index (κ2) is 10.2. The van der Waals surface area contributed by atoms with Gasteiger partial charge in [-0.3, -0.25) is 0 Å². The molecule has 0 spiro atoms. The Balaban J connectivity index is 0.984. The summed E-state index contributed by atoms with van der Waals surface area (Å²) in [7, 11) is 0. The Morgan fingerprint density at radius 1 is 0.972 bits per heavy atom. The molecular weight excluding hydrogens is 473 g/mol. The van der Waals surface area contributed by atoms with Gasteiger partial charge in [0.2, 0.25) is 5.88 Å². The molecule has 1 aromatic carbocycles. The first-order valence-corrected chi connectivity index (χ1v) is 14.4. The quantitative estimate of drug-likeness (QED) is 0.419. The minimum absolute atomic E-state index is 0.340. The summed E-state index contributed by atoms with van der Waals surface area (Å²) in [6.07, 6.45) is 8.40. The van der Waals surface area contributed by atoms with Crippen molar-refractivity contribution in [2.75, 3.05) is 26.2 Å². The van der Waals surface area contributed by atoms with Gasteiger partial charge in [0.05, 0.1) is 17.3 Å². The van der Waals surface area contributed by atoms with Crippen molar-refractivity contribution < 1.29 is 9.13 Å². The summed E-state index contributed by atoms with van der Waals surface area (Å²) in [6, 6.07) is 7.87. The number of halogens is 2. The predicted molar refractivity (Wildman–Crippen MR) is 141 cm³/mol. The van der Waals surface area contributed by atoms with E-state index in [4.69, 9.17) is 16.3 Å². The van der Waals surface area contributed by atoms with Crippen molar-refractivity contribution in [1.82, 2.24) is 15.1 Å². The van der Waals surface area contributed by atoms with Crippen molar-refractivity contribution in [2.45, 2.75) is 52.4 Å². The maximum atomic E-state index is 13.6. The lowest BCUT2D eigenvalue weighted by Crippen LogP contribution is -2.38. The SMILES string of the molecule is CC1CC2CC(C)C(C1)C(CN1CC3CC(COc4ccc(-c5cc(F)ccc5Cl)nn4)CC3C1)C2. The van der Waals surface area contributed by atoms with E-state index in [-0.39, 0.29) is 5.82 Å². The Morgan fingerprint density at radius 3 is 2.53 bits per heavy atom. The Labute approximate surface area is 220 Å². The Morgan fingerprint density at radius 2 is 1.78 bits per heavy atom. The Hall–Kier alpha value is -1.72. The molecule has 36 heavy (non-hydrogen) atoms. The molecule has 7 unspecified atom stereocenters. The summed E-state index contributed by atoms with van der Waals surface area (Å²) in [6.45, 7) is 9.61. The first-order chi connectivity index (χ1) is 17.4. The van der Waals surface area contributed by atoms with Gasteiger partial charge in [0, 0.05) is 31.3 Å². The molecule has 0 amide bonds. The molecule has 1 aromatic heterocycles.